The molecule has 2 fully saturated rings. The molecule has 0 bridgehead atoms. The second-order valence-electron chi connectivity index (χ2n) is 4.91. The van der Waals surface area contributed by atoms with Gasteiger partial charge in [0.1, 0.15) is 5.54 Å². The summed E-state index contributed by atoms with van der Waals surface area (Å²) >= 11 is 1.57. The van der Waals surface area contributed by atoms with Crippen LogP contribution in [0.25, 0.3) is 0 Å². The van der Waals surface area contributed by atoms with E-state index in [2.05, 4.69) is 5.32 Å². The molecule has 0 spiro atoms. The highest BCUT2D eigenvalue weighted by Gasteiger charge is 2.43. The lowest BCUT2D eigenvalue weighted by atomic mass is 9.98. The maximum Gasteiger partial charge on any atom is 0.330 e. The van der Waals surface area contributed by atoms with Gasteiger partial charge < -0.3 is 15.2 Å². The summed E-state index contributed by atoms with van der Waals surface area (Å²) in [4.78, 5) is 23.1. The van der Waals surface area contributed by atoms with Crippen LogP contribution in [-0.4, -0.2) is 46.7 Å². The predicted molar refractivity (Wildman–Crippen MR) is 68.7 cm³/mol. The Morgan fingerprint density at radius 3 is 2.89 bits per heavy atom. The quantitative estimate of drug-likeness (QED) is 0.782. The number of carboxylic acid groups (broad SMARTS) is 1. The Hall–Kier alpha value is -0.750. The standard InChI is InChI=1S/C12H19NO4S/c14-10(4-3-9-2-1-6-17-9)13-12(11(15)16)5-7-18-8-12/h9H,1-8H2,(H,13,14)(H,15,16)/t9-,12+/m1/s1. The van der Waals surface area contributed by atoms with Crippen LogP contribution in [0.15, 0.2) is 0 Å². The molecule has 6 heteroatoms. The first-order chi connectivity index (χ1) is 8.62. The highest BCUT2D eigenvalue weighted by Crippen LogP contribution is 2.28. The highest BCUT2D eigenvalue weighted by atomic mass is 32.2. The Labute approximate surface area is 111 Å². The molecular weight excluding hydrogens is 254 g/mol. The molecule has 0 aliphatic carbocycles. The van der Waals surface area contributed by atoms with E-state index in [1.165, 1.54) is 0 Å². The Morgan fingerprint density at radius 2 is 2.33 bits per heavy atom. The monoisotopic (exact) mass is 273 g/mol. The molecule has 2 aliphatic heterocycles. The van der Waals surface area contributed by atoms with E-state index in [0.29, 0.717) is 25.0 Å². The van der Waals surface area contributed by atoms with E-state index in [1.807, 2.05) is 0 Å². The van der Waals surface area contributed by atoms with Crippen molar-refractivity contribution < 1.29 is 19.4 Å². The topological polar surface area (TPSA) is 75.6 Å². The van der Waals surface area contributed by atoms with Crippen molar-refractivity contribution in [2.45, 2.75) is 43.7 Å². The number of rotatable bonds is 5. The van der Waals surface area contributed by atoms with Crippen molar-refractivity contribution in [1.82, 2.24) is 5.32 Å². The fourth-order valence-corrected chi connectivity index (χ4v) is 3.70. The Bertz CT molecular complexity index is 322. The van der Waals surface area contributed by atoms with Crippen LogP contribution in [-0.2, 0) is 14.3 Å². The van der Waals surface area contributed by atoms with E-state index in [9.17, 15) is 14.7 Å². The molecule has 0 saturated carbocycles. The van der Waals surface area contributed by atoms with Gasteiger partial charge in [0.05, 0.1) is 6.10 Å². The van der Waals surface area contributed by atoms with Gasteiger partial charge in [-0.15, -0.1) is 0 Å². The number of aliphatic carboxylic acids is 1. The van der Waals surface area contributed by atoms with Crippen molar-refractivity contribution in [3.63, 3.8) is 0 Å². The molecule has 2 N–H and O–H groups in total. The Balaban J connectivity index is 1.80. The van der Waals surface area contributed by atoms with Crippen LogP contribution in [0.1, 0.15) is 32.1 Å². The number of carbonyl (C=O) groups excluding carboxylic acids is 1. The molecule has 2 rings (SSSR count). The van der Waals surface area contributed by atoms with Gasteiger partial charge in [0.15, 0.2) is 0 Å². The largest absolute Gasteiger partial charge is 0.479 e. The van der Waals surface area contributed by atoms with Gasteiger partial charge in [-0.05, 0) is 31.4 Å². The van der Waals surface area contributed by atoms with Gasteiger partial charge in [0, 0.05) is 18.8 Å². The van der Waals surface area contributed by atoms with Crippen molar-refractivity contribution in [2.75, 3.05) is 18.1 Å². The lowest BCUT2D eigenvalue weighted by molar-refractivity contribution is -0.146. The minimum absolute atomic E-state index is 0.171. The van der Waals surface area contributed by atoms with Crippen LogP contribution in [0.5, 0.6) is 0 Å². The van der Waals surface area contributed by atoms with Gasteiger partial charge >= 0.3 is 5.97 Å². The van der Waals surface area contributed by atoms with Crippen LogP contribution in [0.2, 0.25) is 0 Å². The summed E-state index contributed by atoms with van der Waals surface area (Å²) in [6, 6.07) is 0. The summed E-state index contributed by atoms with van der Waals surface area (Å²) in [5, 5.41) is 11.9. The van der Waals surface area contributed by atoms with E-state index in [1.54, 1.807) is 11.8 Å². The van der Waals surface area contributed by atoms with Gasteiger partial charge in [-0.25, -0.2) is 4.79 Å². The highest BCUT2D eigenvalue weighted by molar-refractivity contribution is 7.99. The fourth-order valence-electron chi connectivity index (χ4n) is 2.38. The normalized spacial score (nSPS) is 31.4. The predicted octanol–water partition coefficient (Wildman–Crippen LogP) is 1.02. The zero-order chi connectivity index (χ0) is 13.0. The van der Waals surface area contributed by atoms with E-state index in [4.69, 9.17) is 4.74 Å². The second kappa shape index (κ2) is 5.93. The third kappa shape index (κ3) is 3.17. The fraction of sp³-hybridized carbons (Fsp3) is 0.833. The third-order valence-electron chi connectivity index (χ3n) is 3.53. The number of carboxylic acids is 1. The first kappa shape index (κ1) is 13.7. The number of amides is 1. The SMILES string of the molecule is O=C(CC[C@H]1CCCO1)N[C@@]1(C(=O)O)CCSC1. The van der Waals surface area contributed by atoms with Gasteiger partial charge in [-0.2, -0.15) is 11.8 Å². The number of nitrogens with one attached hydrogen (secondary N) is 1. The molecule has 5 nitrogen and oxygen atoms in total. The van der Waals surface area contributed by atoms with Gasteiger partial charge in [0.2, 0.25) is 5.91 Å². The average Bonchev–Trinajstić information content (AvgIpc) is 2.97. The number of hydrogen-bond donors (Lipinski definition) is 2. The smallest absolute Gasteiger partial charge is 0.330 e. The van der Waals surface area contributed by atoms with Crippen LogP contribution < -0.4 is 5.32 Å². The summed E-state index contributed by atoms with van der Waals surface area (Å²) in [5.41, 5.74) is -1.04. The van der Waals surface area contributed by atoms with Gasteiger partial charge in [0.25, 0.3) is 0 Å². The molecule has 2 saturated heterocycles. The molecule has 102 valence electrons. The van der Waals surface area contributed by atoms with Crippen LogP contribution in [0, 0.1) is 0 Å². The Morgan fingerprint density at radius 1 is 1.50 bits per heavy atom. The van der Waals surface area contributed by atoms with Gasteiger partial charge in [-0.1, -0.05) is 0 Å². The minimum Gasteiger partial charge on any atom is -0.479 e. The molecule has 0 aromatic rings. The van der Waals surface area contributed by atoms with Crippen molar-refractivity contribution in [3.8, 4) is 0 Å². The number of hydrogen-bond acceptors (Lipinski definition) is 4. The third-order valence-corrected chi connectivity index (χ3v) is 4.72. The second-order valence-corrected chi connectivity index (χ2v) is 6.02. The van der Waals surface area contributed by atoms with E-state index in [-0.39, 0.29) is 12.0 Å². The van der Waals surface area contributed by atoms with Crippen LogP contribution in [0.3, 0.4) is 0 Å². The van der Waals surface area contributed by atoms with Crippen molar-refractivity contribution in [3.05, 3.63) is 0 Å². The maximum absolute atomic E-state index is 11.8. The van der Waals surface area contributed by atoms with E-state index in [0.717, 1.165) is 25.2 Å². The molecule has 0 radical (unpaired) electrons. The molecule has 0 aromatic heterocycles. The number of carbonyl (C=O) groups is 2. The molecule has 1 amide bonds. The summed E-state index contributed by atoms with van der Waals surface area (Å²) in [5.74, 6) is 0.167. The molecule has 2 atom stereocenters. The Kier molecular flexibility index (Phi) is 4.50. The summed E-state index contributed by atoms with van der Waals surface area (Å²) in [7, 11) is 0. The van der Waals surface area contributed by atoms with Gasteiger partial charge in [-0.3, -0.25) is 4.79 Å². The average molecular weight is 273 g/mol. The summed E-state index contributed by atoms with van der Waals surface area (Å²) < 4.78 is 5.45. The maximum atomic E-state index is 11.8. The minimum atomic E-state index is -1.04. The van der Waals surface area contributed by atoms with Crippen molar-refractivity contribution in [1.29, 1.82) is 0 Å². The lowest BCUT2D eigenvalue weighted by Gasteiger charge is -2.24. The molecule has 2 aliphatic rings. The zero-order valence-corrected chi connectivity index (χ0v) is 11.1. The van der Waals surface area contributed by atoms with Crippen LogP contribution >= 0.6 is 11.8 Å². The lowest BCUT2D eigenvalue weighted by Crippen LogP contribution is -2.54. The van der Waals surface area contributed by atoms with Crippen molar-refractivity contribution >= 4 is 23.6 Å². The number of ether oxygens (including phenoxy) is 1. The zero-order valence-electron chi connectivity index (χ0n) is 10.3. The molecule has 0 aromatic carbocycles. The summed E-state index contributed by atoms with van der Waals surface area (Å²) in [6.07, 6.45) is 3.79. The molecule has 18 heavy (non-hydrogen) atoms. The summed E-state index contributed by atoms with van der Waals surface area (Å²) in [6.45, 7) is 0.780. The molecule has 0 unspecified atom stereocenters. The first-order valence-corrected chi connectivity index (χ1v) is 7.52. The number of thioether (sulfide) groups is 1. The van der Waals surface area contributed by atoms with E-state index < -0.39 is 11.5 Å². The van der Waals surface area contributed by atoms with Crippen molar-refractivity contribution in [2.24, 2.45) is 0 Å². The molecule has 2 heterocycles. The first-order valence-electron chi connectivity index (χ1n) is 6.36. The molecular formula is C12H19NO4S. The van der Waals surface area contributed by atoms with E-state index >= 15 is 0 Å². The van der Waals surface area contributed by atoms with Crippen LogP contribution in [0.4, 0.5) is 0 Å².